The Balaban J connectivity index is 2.12. The highest BCUT2D eigenvalue weighted by Crippen LogP contribution is 2.17. The first-order chi connectivity index (χ1) is 10.4. The Hall–Kier alpha value is -2.28. The first kappa shape index (κ1) is 16.1. The molecule has 0 unspecified atom stereocenters. The van der Waals surface area contributed by atoms with Crippen LogP contribution in [0.25, 0.3) is 0 Å². The third-order valence-corrected chi connectivity index (χ3v) is 2.84. The number of hydrogen-bond acceptors (Lipinski definition) is 4. The number of nitrogens with zero attached hydrogens (tertiary/aromatic N) is 2. The third-order valence-electron chi connectivity index (χ3n) is 2.62. The van der Waals surface area contributed by atoms with Gasteiger partial charge < -0.3 is 16.0 Å². The summed E-state index contributed by atoms with van der Waals surface area (Å²) in [5, 5.41) is 9.58. The van der Waals surface area contributed by atoms with Gasteiger partial charge in [0.15, 0.2) is 5.11 Å². The molecule has 0 fully saturated rings. The first-order valence-corrected chi connectivity index (χ1v) is 7.29. The number of thiocarbonyl (C=S) groups is 1. The van der Waals surface area contributed by atoms with Crippen molar-refractivity contribution in [1.29, 1.82) is 0 Å². The average molecular weight is 319 g/mol. The molecule has 0 aliphatic carbocycles. The van der Waals surface area contributed by atoms with Crippen LogP contribution in [0.3, 0.4) is 0 Å². The van der Waals surface area contributed by atoms with Gasteiger partial charge in [-0.25, -0.2) is 9.37 Å². The number of anilines is 3. The quantitative estimate of drug-likeness (QED) is 0.751. The summed E-state index contributed by atoms with van der Waals surface area (Å²) in [6.45, 7) is 5.85. The lowest BCUT2D eigenvalue weighted by Crippen LogP contribution is -2.34. The van der Waals surface area contributed by atoms with E-state index in [0.717, 1.165) is 11.4 Å². The summed E-state index contributed by atoms with van der Waals surface area (Å²) < 4.78 is 12.9. The van der Waals surface area contributed by atoms with Gasteiger partial charge in [0.25, 0.3) is 0 Å². The Kier molecular flexibility index (Phi) is 5.21. The van der Waals surface area contributed by atoms with Crippen LogP contribution in [0.2, 0.25) is 0 Å². The average Bonchev–Trinajstić information content (AvgIpc) is 2.39. The Morgan fingerprint density at radius 2 is 1.86 bits per heavy atom. The SMILES string of the molecule is Cc1cc(Nc2ccc(F)cc2)nc(NC(=S)NC(C)C)n1. The molecule has 0 saturated carbocycles. The topological polar surface area (TPSA) is 61.9 Å². The zero-order valence-corrected chi connectivity index (χ0v) is 13.5. The van der Waals surface area contributed by atoms with Gasteiger partial charge in [-0.3, -0.25) is 0 Å². The molecule has 0 saturated heterocycles. The maximum absolute atomic E-state index is 12.9. The van der Waals surface area contributed by atoms with Crippen LogP contribution >= 0.6 is 12.2 Å². The molecular formula is C15H18FN5S. The molecule has 3 N–H and O–H groups in total. The Morgan fingerprint density at radius 1 is 1.18 bits per heavy atom. The second kappa shape index (κ2) is 7.13. The van der Waals surface area contributed by atoms with Crippen molar-refractivity contribution in [1.82, 2.24) is 15.3 Å². The minimum atomic E-state index is -0.281. The fraction of sp³-hybridized carbons (Fsp3) is 0.267. The van der Waals surface area contributed by atoms with Crippen LogP contribution in [0, 0.1) is 12.7 Å². The highest BCUT2D eigenvalue weighted by atomic mass is 32.1. The van der Waals surface area contributed by atoms with Crippen LogP contribution in [0.5, 0.6) is 0 Å². The Labute approximate surface area is 134 Å². The van der Waals surface area contributed by atoms with Gasteiger partial charge in [-0.15, -0.1) is 0 Å². The monoisotopic (exact) mass is 319 g/mol. The van der Waals surface area contributed by atoms with E-state index in [0.29, 0.717) is 16.9 Å². The fourth-order valence-electron chi connectivity index (χ4n) is 1.77. The van der Waals surface area contributed by atoms with Crippen LogP contribution in [0.4, 0.5) is 21.8 Å². The van der Waals surface area contributed by atoms with Gasteiger partial charge >= 0.3 is 0 Å². The van der Waals surface area contributed by atoms with Crippen molar-refractivity contribution in [2.24, 2.45) is 0 Å². The van der Waals surface area contributed by atoms with Gasteiger partial charge in [0.1, 0.15) is 11.6 Å². The molecule has 1 aromatic carbocycles. The largest absolute Gasteiger partial charge is 0.360 e. The Morgan fingerprint density at radius 3 is 2.50 bits per heavy atom. The first-order valence-electron chi connectivity index (χ1n) is 6.88. The number of rotatable bonds is 4. The minimum absolute atomic E-state index is 0.224. The lowest BCUT2D eigenvalue weighted by Gasteiger charge is -2.13. The van der Waals surface area contributed by atoms with Crippen molar-refractivity contribution in [3.63, 3.8) is 0 Å². The minimum Gasteiger partial charge on any atom is -0.360 e. The lowest BCUT2D eigenvalue weighted by atomic mass is 10.3. The molecule has 0 bridgehead atoms. The second-order valence-corrected chi connectivity index (χ2v) is 5.51. The molecule has 7 heteroatoms. The van der Waals surface area contributed by atoms with Crippen LogP contribution in [0.15, 0.2) is 30.3 Å². The maximum Gasteiger partial charge on any atom is 0.231 e. The van der Waals surface area contributed by atoms with Crippen molar-refractivity contribution in [3.8, 4) is 0 Å². The summed E-state index contributed by atoms with van der Waals surface area (Å²) in [5.74, 6) is 0.730. The number of hydrogen-bond donors (Lipinski definition) is 3. The van der Waals surface area contributed by atoms with E-state index in [-0.39, 0.29) is 11.9 Å². The van der Waals surface area contributed by atoms with Crippen molar-refractivity contribution in [2.45, 2.75) is 26.8 Å². The summed E-state index contributed by atoms with van der Waals surface area (Å²) in [6, 6.07) is 8.08. The molecule has 5 nitrogen and oxygen atoms in total. The molecule has 1 aromatic heterocycles. The summed E-state index contributed by atoms with van der Waals surface area (Å²) in [5.41, 5.74) is 1.53. The number of benzene rings is 1. The van der Waals surface area contributed by atoms with Crippen LogP contribution in [0.1, 0.15) is 19.5 Å². The summed E-state index contributed by atoms with van der Waals surface area (Å²) in [6.07, 6.45) is 0. The molecule has 0 amide bonds. The standard InChI is InChI=1S/C15H18FN5S/c1-9(2)17-15(22)21-14-18-10(3)8-13(20-14)19-12-6-4-11(16)5-7-12/h4-9H,1-3H3,(H3,17,18,19,20,21,22). The van der Waals surface area contributed by atoms with Gasteiger partial charge in [-0.1, -0.05) is 0 Å². The van der Waals surface area contributed by atoms with E-state index < -0.39 is 0 Å². The highest BCUT2D eigenvalue weighted by molar-refractivity contribution is 7.80. The third kappa shape index (κ3) is 4.92. The summed E-state index contributed by atoms with van der Waals surface area (Å²) >= 11 is 5.18. The smallest absolute Gasteiger partial charge is 0.231 e. The van der Waals surface area contributed by atoms with Crippen molar-refractivity contribution < 1.29 is 4.39 Å². The number of halogens is 1. The van der Waals surface area contributed by atoms with Crippen molar-refractivity contribution >= 4 is 34.8 Å². The van der Waals surface area contributed by atoms with E-state index in [9.17, 15) is 4.39 Å². The zero-order chi connectivity index (χ0) is 16.1. The molecule has 0 atom stereocenters. The maximum atomic E-state index is 12.9. The van der Waals surface area contributed by atoms with E-state index in [1.807, 2.05) is 20.8 Å². The van der Waals surface area contributed by atoms with E-state index in [2.05, 4.69) is 25.9 Å². The number of aryl methyl sites for hydroxylation is 1. The Bertz CT molecular complexity index is 657. The van der Waals surface area contributed by atoms with Crippen LogP contribution in [-0.2, 0) is 0 Å². The van der Waals surface area contributed by atoms with E-state index in [1.54, 1.807) is 18.2 Å². The molecule has 2 aromatic rings. The molecule has 116 valence electrons. The van der Waals surface area contributed by atoms with E-state index >= 15 is 0 Å². The normalized spacial score (nSPS) is 10.4. The predicted molar refractivity (Wildman–Crippen MR) is 90.9 cm³/mol. The summed E-state index contributed by atoms with van der Waals surface area (Å²) in [7, 11) is 0. The van der Waals surface area contributed by atoms with Crippen molar-refractivity contribution in [2.75, 3.05) is 10.6 Å². The number of aromatic nitrogens is 2. The molecule has 1 heterocycles. The molecule has 22 heavy (non-hydrogen) atoms. The predicted octanol–water partition coefficient (Wildman–Crippen LogP) is 3.36. The molecule has 0 radical (unpaired) electrons. The molecule has 0 aliphatic heterocycles. The number of nitrogens with one attached hydrogen (secondary N) is 3. The van der Waals surface area contributed by atoms with Gasteiger partial charge in [0.05, 0.1) is 0 Å². The molecule has 0 spiro atoms. The fourth-order valence-corrected chi connectivity index (χ4v) is 2.10. The highest BCUT2D eigenvalue weighted by Gasteiger charge is 2.06. The molecule has 2 rings (SSSR count). The molecular weight excluding hydrogens is 301 g/mol. The van der Waals surface area contributed by atoms with Crippen molar-refractivity contribution in [3.05, 3.63) is 41.8 Å². The van der Waals surface area contributed by atoms with Gasteiger partial charge in [-0.2, -0.15) is 4.98 Å². The van der Waals surface area contributed by atoms with Crippen LogP contribution in [-0.4, -0.2) is 21.1 Å². The van der Waals surface area contributed by atoms with Crippen LogP contribution < -0.4 is 16.0 Å². The van der Waals surface area contributed by atoms with Gasteiger partial charge in [-0.05, 0) is 57.3 Å². The second-order valence-electron chi connectivity index (χ2n) is 5.10. The van der Waals surface area contributed by atoms with E-state index in [4.69, 9.17) is 12.2 Å². The zero-order valence-electron chi connectivity index (χ0n) is 12.6. The summed E-state index contributed by atoms with van der Waals surface area (Å²) in [4.78, 5) is 8.63. The van der Waals surface area contributed by atoms with Gasteiger partial charge in [0.2, 0.25) is 5.95 Å². The molecule has 0 aliphatic rings. The lowest BCUT2D eigenvalue weighted by molar-refractivity contribution is 0.628. The van der Waals surface area contributed by atoms with E-state index in [1.165, 1.54) is 12.1 Å². The van der Waals surface area contributed by atoms with Gasteiger partial charge in [0, 0.05) is 23.5 Å².